The van der Waals surface area contributed by atoms with E-state index in [2.05, 4.69) is 4.57 Å². The standard InChI is InChI=1S/C27H23N3O4/c1-16-14-24(31)34-23-15-17(10-11-18(16)23)33-13-12-30-26-19(6-5-9-22(26)32-2)25-27(30)29-21-8-4-3-7-20(21)28-25/h3-11,14-15,18,23H,12-13H2,1-2H3/t18-,23+/m1/s1. The number of rotatable bonds is 5. The summed E-state index contributed by atoms with van der Waals surface area (Å²) in [4.78, 5) is 21.6. The maximum atomic E-state index is 11.8. The van der Waals surface area contributed by atoms with Gasteiger partial charge in [0.1, 0.15) is 29.7 Å². The van der Waals surface area contributed by atoms with Gasteiger partial charge >= 0.3 is 5.97 Å². The van der Waals surface area contributed by atoms with Gasteiger partial charge in [-0.1, -0.05) is 35.9 Å². The Morgan fingerprint density at radius 2 is 1.91 bits per heavy atom. The minimum absolute atomic E-state index is 0.0650. The van der Waals surface area contributed by atoms with Crippen molar-refractivity contribution in [3.63, 3.8) is 0 Å². The maximum Gasteiger partial charge on any atom is 0.331 e. The van der Waals surface area contributed by atoms with E-state index in [4.69, 9.17) is 24.2 Å². The van der Waals surface area contributed by atoms with Crippen LogP contribution in [0.15, 0.2) is 78.1 Å². The number of methoxy groups -OCH3 is 1. The number of aromatic nitrogens is 3. The Bertz CT molecular complexity index is 1550. The molecule has 170 valence electrons. The Kier molecular flexibility index (Phi) is 4.83. The Hall–Kier alpha value is -4.13. The van der Waals surface area contributed by atoms with E-state index in [9.17, 15) is 4.79 Å². The van der Waals surface area contributed by atoms with Crippen molar-refractivity contribution in [1.29, 1.82) is 0 Å². The highest BCUT2D eigenvalue weighted by Crippen LogP contribution is 2.34. The SMILES string of the molecule is COc1cccc2c3nc4ccccc4nc3n(CCOC3=C[C@@H]4OC(=O)C=C(C)[C@H]4C=C3)c12. The number of hydrogen-bond donors (Lipinski definition) is 0. The molecular formula is C27H23N3O4. The zero-order valence-electron chi connectivity index (χ0n) is 18.9. The van der Waals surface area contributed by atoms with Crippen molar-refractivity contribution < 1.29 is 19.0 Å². The van der Waals surface area contributed by atoms with Crippen LogP contribution in [0.5, 0.6) is 5.75 Å². The van der Waals surface area contributed by atoms with E-state index in [1.54, 1.807) is 13.2 Å². The molecule has 2 atom stereocenters. The van der Waals surface area contributed by atoms with Crippen LogP contribution in [0.4, 0.5) is 0 Å². The Balaban J connectivity index is 1.34. The molecule has 0 saturated heterocycles. The fourth-order valence-corrected chi connectivity index (χ4v) is 4.79. The van der Waals surface area contributed by atoms with Crippen molar-refractivity contribution >= 4 is 39.1 Å². The van der Waals surface area contributed by atoms with Gasteiger partial charge in [0, 0.05) is 17.4 Å². The molecule has 0 saturated carbocycles. The van der Waals surface area contributed by atoms with Crippen LogP contribution in [-0.4, -0.2) is 40.3 Å². The molecule has 34 heavy (non-hydrogen) atoms. The summed E-state index contributed by atoms with van der Waals surface area (Å²) in [6, 6.07) is 13.8. The zero-order valence-corrected chi connectivity index (χ0v) is 18.9. The van der Waals surface area contributed by atoms with E-state index in [-0.39, 0.29) is 18.0 Å². The molecule has 7 nitrogen and oxygen atoms in total. The van der Waals surface area contributed by atoms with Gasteiger partial charge in [-0.25, -0.2) is 14.8 Å². The van der Waals surface area contributed by atoms with E-state index in [1.807, 2.05) is 67.6 Å². The second-order valence-corrected chi connectivity index (χ2v) is 8.48. The van der Waals surface area contributed by atoms with Crippen LogP contribution in [0.3, 0.4) is 0 Å². The van der Waals surface area contributed by atoms with Crippen LogP contribution >= 0.6 is 0 Å². The summed E-state index contributed by atoms with van der Waals surface area (Å²) in [7, 11) is 1.67. The lowest BCUT2D eigenvalue weighted by molar-refractivity contribution is -0.143. The lowest BCUT2D eigenvalue weighted by atomic mass is 9.88. The quantitative estimate of drug-likeness (QED) is 0.408. The summed E-state index contributed by atoms with van der Waals surface area (Å²) < 4.78 is 19.3. The van der Waals surface area contributed by atoms with Crippen LogP contribution in [0.1, 0.15) is 6.92 Å². The van der Waals surface area contributed by atoms with E-state index in [1.165, 1.54) is 0 Å². The first-order valence-corrected chi connectivity index (χ1v) is 11.3. The minimum atomic E-state index is -0.330. The van der Waals surface area contributed by atoms with Gasteiger partial charge in [0.2, 0.25) is 0 Å². The fraction of sp³-hybridized carbons (Fsp3) is 0.222. The third-order valence-electron chi connectivity index (χ3n) is 6.41. The molecule has 6 rings (SSSR count). The van der Waals surface area contributed by atoms with Crippen molar-refractivity contribution in [2.24, 2.45) is 5.92 Å². The summed E-state index contributed by atoms with van der Waals surface area (Å²) >= 11 is 0. The lowest BCUT2D eigenvalue weighted by Crippen LogP contribution is -2.31. The Morgan fingerprint density at radius 1 is 1.09 bits per heavy atom. The van der Waals surface area contributed by atoms with Crippen LogP contribution in [0.25, 0.3) is 33.1 Å². The average molecular weight is 453 g/mol. The average Bonchev–Trinajstić information content (AvgIpc) is 3.15. The van der Waals surface area contributed by atoms with Gasteiger partial charge in [0.05, 0.1) is 30.2 Å². The first-order valence-electron chi connectivity index (χ1n) is 11.3. The lowest BCUT2D eigenvalue weighted by Gasteiger charge is -2.29. The first-order chi connectivity index (χ1) is 16.6. The molecule has 0 amide bonds. The molecule has 0 bridgehead atoms. The topological polar surface area (TPSA) is 75.5 Å². The van der Waals surface area contributed by atoms with Gasteiger partial charge in [-0.15, -0.1) is 0 Å². The third-order valence-corrected chi connectivity index (χ3v) is 6.41. The molecule has 0 radical (unpaired) electrons. The number of carbonyl (C=O) groups is 1. The molecular weight excluding hydrogens is 430 g/mol. The summed E-state index contributed by atoms with van der Waals surface area (Å²) in [6.45, 7) is 2.90. The van der Waals surface area contributed by atoms with Crippen molar-refractivity contribution in [2.75, 3.05) is 13.7 Å². The third kappa shape index (κ3) is 3.32. The number of carbonyl (C=O) groups excluding carboxylic acids is 1. The monoisotopic (exact) mass is 453 g/mol. The molecule has 1 aliphatic heterocycles. The summed E-state index contributed by atoms with van der Waals surface area (Å²) in [5.41, 5.74) is 5.25. The highest BCUT2D eigenvalue weighted by Gasteiger charge is 2.30. The number of esters is 1. The first kappa shape index (κ1) is 20.5. The summed E-state index contributed by atoms with van der Waals surface area (Å²) in [6.07, 6.45) is 7.06. The predicted molar refractivity (Wildman–Crippen MR) is 129 cm³/mol. The van der Waals surface area contributed by atoms with Crippen LogP contribution in [-0.2, 0) is 20.8 Å². The Morgan fingerprint density at radius 3 is 2.74 bits per heavy atom. The fourth-order valence-electron chi connectivity index (χ4n) is 4.79. The normalized spacial score (nSPS) is 19.6. The van der Waals surface area contributed by atoms with Crippen LogP contribution in [0.2, 0.25) is 0 Å². The van der Waals surface area contributed by atoms with Crippen molar-refractivity contribution in [1.82, 2.24) is 14.5 Å². The molecule has 2 aromatic carbocycles. The van der Waals surface area contributed by atoms with Gasteiger partial charge in [-0.2, -0.15) is 0 Å². The van der Waals surface area contributed by atoms with Gasteiger partial charge in [-0.05, 0) is 37.3 Å². The van der Waals surface area contributed by atoms with E-state index in [0.717, 1.165) is 44.4 Å². The number of hydrogen-bond acceptors (Lipinski definition) is 6. The molecule has 4 aromatic rings. The molecule has 7 heteroatoms. The van der Waals surface area contributed by atoms with Gasteiger partial charge in [0.15, 0.2) is 5.65 Å². The number of benzene rings is 2. The number of para-hydroxylation sites is 3. The molecule has 0 N–H and O–H groups in total. The highest BCUT2D eigenvalue weighted by atomic mass is 16.5. The zero-order chi connectivity index (χ0) is 23.2. The smallest absolute Gasteiger partial charge is 0.331 e. The van der Waals surface area contributed by atoms with E-state index in [0.29, 0.717) is 18.9 Å². The van der Waals surface area contributed by atoms with Gasteiger partial charge in [-0.3, -0.25) is 0 Å². The minimum Gasteiger partial charge on any atom is -0.495 e. The number of fused-ring (bicyclic) bond motifs is 5. The van der Waals surface area contributed by atoms with Crippen molar-refractivity contribution in [3.05, 3.63) is 78.1 Å². The van der Waals surface area contributed by atoms with Crippen molar-refractivity contribution in [3.8, 4) is 5.75 Å². The van der Waals surface area contributed by atoms with Crippen LogP contribution in [0, 0.1) is 5.92 Å². The molecule has 2 aromatic heterocycles. The summed E-state index contributed by atoms with van der Waals surface area (Å²) in [5, 5.41) is 0.989. The van der Waals surface area contributed by atoms with Gasteiger partial charge in [0.25, 0.3) is 0 Å². The maximum absolute atomic E-state index is 11.8. The number of nitrogens with zero attached hydrogens (tertiary/aromatic N) is 3. The van der Waals surface area contributed by atoms with Gasteiger partial charge < -0.3 is 18.8 Å². The summed E-state index contributed by atoms with van der Waals surface area (Å²) in [5.74, 6) is 1.20. The van der Waals surface area contributed by atoms with E-state index < -0.39 is 0 Å². The molecule has 0 spiro atoms. The predicted octanol–water partition coefficient (Wildman–Crippen LogP) is 4.70. The van der Waals surface area contributed by atoms with Crippen LogP contribution < -0.4 is 4.74 Å². The molecule has 3 heterocycles. The molecule has 2 aliphatic rings. The second kappa shape index (κ2) is 8.02. The second-order valence-electron chi connectivity index (χ2n) is 8.48. The van der Waals surface area contributed by atoms with E-state index >= 15 is 0 Å². The molecule has 0 fully saturated rings. The highest BCUT2D eigenvalue weighted by molar-refractivity contribution is 6.08. The largest absolute Gasteiger partial charge is 0.495 e. The number of ether oxygens (including phenoxy) is 3. The molecule has 0 unspecified atom stereocenters. The molecule has 1 aliphatic carbocycles. The number of allylic oxidation sites excluding steroid dienone is 1. The van der Waals surface area contributed by atoms with Crippen molar-refractivity contribution in [2.45, 2.75) is 19.6 Å². The Labute approximate surface area is 196 Å².